The molecule has 3 heterocycles. The van der Waals surface area contributed by atoms with E-state index >= 15 is 0 Å². The van der Waals surface area contributed by atoms with E-state index in [0.717, 1.165) is 5.69 Å². The van der Waals surface area contributed by atoms with Gasteiger partial charge in [-0.2, -0.15) is 0 Å². The molecule has 2 aromatic rings. The Morgan fingerprint density at radius 3 is 2.85 bits per heavy atom. The molecule has 2 aromatic heterocycles. The first-order chi connectivity index (χ1) is 6.45. The molecule has 0 unspecified atom stereocenters. The van der Waals surface area contributed by atoms with Gasteiger partial charge in [-0.15, -0.1) is 0 Å². The average Bonchev–Trinajstić information content (AvgIpc) is 2.56. The van der Waals surface area contributed by atoms with Crippen molar-refractivity contribution in [1.82, 2.24) is 9.97 Å². The first kappa shape index (κ1) is 7.27. The van der Waals surface area contributed by atoms with Gasteiger partial charge in [-0.25, -0.2) is 0 Å². The van der Waals surface area contributed by atoms with Gasteiger partial charge in [0.15, 0.2) is 0 Å². The Balaban J connectivity index is 2.32. The van der Waals surface area contributed by atoms with E-state index in [0.29, 0.717) is 0 Å². The maximum atomic E-state index is 4.39. The minimum atomic E-state index is -0.207. The van der Waals surface area contributed by atoms with Gasteiger partial charge in [0.25, 0.3) is 0 Å². The third-order valence-electron chi connectivity index (χ3n) is 2.12. The van der Waals surface area contributed by atoms with E-state index in [4.69, 9.17) is 0 Å². The third kappa shape index (κ3) is 1.02. The van der Waals surface area contributed by atoms with E-state index in [1.54, 1.807) is 0 Å². The van der Waals surface area contributed by atoms with Crippen molar-refractivity contribution in [1.29, 1.82) is 0 Å². The second-order valence-electron chi connectivity index (χ2n) is 2.92. The Morgan fingerprint density at radius 1 is 1.00 bits per heavy atom. The molecule has 0 spiro atoms. The molecule has 1 aliphatic heterocycles. The van der Waals surface area contributed by atoms with Gasteiger partial charge in [0.1, 0.15) is 0 Å². The fraction of sp³-hybridized carbons (Fsp3) is 0. The molecule has 3 heteroatoms. The van der Waals surface area contributed by atoms with Crippen LogP contribution in [-0.4, -0.2) is 25.4 Å². The fourth-order valence-corrected chi connectivity index (χ4v) is 4.12. The Bertz CT molecular complexity index is 424. The third-order valence-corrected chi connectivity index (χ3v) is 4.87. The van der Waals surface area contributed by atoms with Gasteiger partial charge < -0.3 is 0 Å². The van der Waals surface area contributed by atoms with E-state index in [-0.39, 0.29) is 15.4 Å². The zero-order valence-electron chi connectivity index (χ0n) is 6.86. The Kier molecular flexibility index (Phi) is 1.49. The van der Waals surface area contributed by atoms with Crippen LogP contribution in [-0.2, 0) is 0 Å². The summed E-state index contributed by atoms with van der Waals surface area (Å²) in [7, 11) is 0. The quantitative estimate of drug-likeness (QED) is 0.509. The molecule has 0 fully saturated rings. The van der Waals surface area contributed by atoms with Crippen molar-refractivity contribution >= 4 is 24.4 Å². The second kappa shape index (κ2) is 2.67. The predicted molar refractivity (Wildman–Crippen MR) is 52.5 cm³/mol. The van der Waals surface area contributed by atoms with Gasteiger partial charge in [-0.3, -0.25) is 0 Å². The van der Waals surface area contributed by atoms with Crippen molar-refractivity contribution in [3.8, 4) is 11.3 Å². The van der Waals surface area contributed by atoms with E-state index < -0.39 is 0 Å². The number of pyridine rings is 2. The van der Waals surface area contributed by atoms with Gasteiger partial charge in [0.05, 0.1) is 0 Å². The van der Waals surface area contributed by atoms with Crippen LogP contribution in [0.5, 0.6) is 0 Å². The van der Waals surface area contributed by atoms with Crippen LogP contribution in [0.25, 0.3) is 11.3 Å². The minimum absolute atomic E-state index is 0.207. The summed E-state index contributed by atoms with van der Waals surface area (Å²) < 4.78 is 2.69. The van der Waals surface area contributed by atoms with Crippen LogP contribution >= 0.6 is 0 Å². The first-order valence-corrected chi connectivity index (χ1v) is 6.22. The second-order valence-corrected chi connectivity index (χ2v) is 5.57. The van der Waals surface area contributed by atoms with E-state index in [2.05, 4.69) is 22.1 Å². The summed E-state index contributed by atoms with van der Waals surface area (Å²) in [5.74, 6) is 0. The van der Waals surface area contributed by atoms with E-state index in [1.807, 2.05) is 24.5 Å². The van der Waals surface area contributed by atoms with Crippen molar-refractivity contribution in [2.24, 2.45) is 0 Å². The molecule has 0 N–H and O–H groups in total. The summed E-state index contributed by atoms with van der Waals surface area (Å²) in [5, 5.41) is 0. The summed E-state index contributed by atoms with van der Waals surface area (Å²) >= 11 is -0.207. The molecule has 13 heavy (non-hydrogen) atoms. The monoisotopic (exact) mass is 228 g/mol. The first-order valence-electron chi connectivity index (χ1n) is 4.12. The topological polar surface area (TPSA) is 25.8 Å². The molecule has 1 aliphatic rings. The maximum absolute atomic E-state index is 4.39. The summed E-state index contributed by atoms with van der Waals surface area (Å²) in [5.41, 5.74) is 2.41. The van der Waals surface area contributed by atoms with Gasteiger partial charge in [-0.05, 0) is 0 Å². The Morgan fingerprint density at radius 2 is 1.85 bits per heavy atom. The SMILES string of the molecule is c1cnc2[c](c1)[Ge][c]1ncccc1-2. The predicted octanol–water partition coefficient (Wildman–Crippen LogP) is 0.112. The molecular formula is C10H6GeN2. The van der Waals surface area contributed by atoms with Crippen LogP contribution < -0.4 is 8.92 Å². The van der Waals surface area contributed by atoms with Crippen molar-refractivity contribution in [3.63, 3.8) is 0 Å². The molecule has 0 amide bonds. The van der Waals surface area contributed by atoms with Crippen LogP contribution in [0.1, 0.15) is 0 Å². The molecule has 0 saturated heterocycles. The zero-order valence-corrected chi connectivity index (χ0v) is 8.96. The van der Waals surface area contributed by atoms with E-state index in [9.17, 15) is 0 Å². The number of nitrogens with zero attached hydrogens (tertiary/aromatic N) is 2. The molecule has 0 saturated carbocycles. The van der Waals surface area contributed by atoms with Gasteiger partial charge in [-0.1, -0.05) is 0 Å². The van der Waals surface area contributed by atoms with Crippen molar-refractivity contribution in [3.05, 3.63) is 36.7 Å². The van der Waals surface area contributed by atoms with Gasteiger partial charge >= 0.3 is 82.2 Å². The Labute approximate surface area is 82.5 Å². The molecule has 0 bridgehead atoms. The molecule has 2 nitrogen and oxygen atoms in total. The summed E-state index contributed by atoms with van der Waals surface area (Å²) in [6.07, 6.45) is 3.72. The van der Waals surface area contributed by atoms with Crippen LogP contribution in [0.4, 0.5) is 0 Å². The van der Waals surface area contributed by atoms with Crippen molar-refractivity contribution < 1.29 is 0 Å². The molecule has 0 atom stereocenters. The van der Waals surface area contributed by atoms with Crippen molar-refractivity contribution in [2.75, 3.05) is 0 Å². The number of aromatic nitrogens is 2. The standard InChI is InChI=1S/C10H6GeN2/c1-3-7-9-8(4-2-5-12-9)11-10(7)13-6-1/h1-6H. The zero-order chi connectivity index (χ0) is 8.67. The number of fused-ring (bicyclic) bond motifs is 3. The van der Waals surface area contributed by atoms with Crippen LogP contribution in [0.3, 0.4) is 0 Å². The molecular weight excluding hydrogens is 221 g/mol. The van der Waals surface area contributed by atoms with Crippen LogP contribution in [0.2, 0.25) is 0 Å². The van der Waals surface area contributed by atoms with Gasteiger partial charge in [0, 0.05) is 0 Å². The number of rotatable bonds is 0. The van der Waals surface area contributed by atoms with Crippen LogP contribution in [0, 0.1) is 0 Å². The van der Waals surface area contributed by atoms with E-state index in [1.165, 1.54) is 14.5 Å². The fourth-order valence-electron chi connectivity index (χ4n) is 1.54. The Hall–Kier alpha value is -1.16. The molecule has 0 aromatic carbocycles. The average molecular weight is 227 g/mol. The summed E-state index contributed by atoms with van der Waals surface area (Å²) in [6, 6.07) is 8.28. The van der Waals surface area contributed by atoms with Gasteiger partial charge in [0.2, 0.25) is 0 Å². The molecule has 60 valence electrons. The normalized spacial score (nSPS) is 12.3. The summed E-state index contributed by atoms with van der Waals surface area (Å²) in [4.78, 5) is 8.78. The van der Waals surface area contributed by atoms with Crippen molar-refractivity contribution in [2.45, 2.75) is 0 Å². The number of hydrogen-bond donors (Lipinski definition) is 0. The van der Waals surface area contributed by atoms with Crippen LogP contribution in [0.15, 0.2) is 36.7 Å². The molecule has 3 rings (SSSR count). The molecule has 0 aliphatic carbocycles. The number of hydrogen-bond acceptors (Lipinski definition) is 2. The summed E-state index contributed by atoms with van der Waals surface area (Å²) in [6.45, 7) is 0. The molecule has 2 radical (unpaired) electrons.